The lowest BCUT2D eigenvalue weighted by Gasteiger charge is -2.23. The van der Waals surface area contributed by atoms with Gasteiger partial charge in [-0.05, 0) is 45.1 Å². The topological polar surface area (TPSA) is 44.3 Å². The Morgan fingerprint density at radius 2 is 2.00 bits per heavy atom. The molecule has 0 atom stereocenters. The van der Waals surface area contributed by atoms with Gasteiger partial charge in [0.2, 0.25) is 0 Å². The highest BCUT2D eigenvalue weighted by Crippen LogP contribution is 2.15. The fourth-order valence-corrected chi connectivity index (χ4v) is 1.51. The van der Waals surface area contributed by atoms with Gasteiger partial charge in [0.05, 0.1) is 0 Å². The number of rotatable bonds is 1. The Hall–Kier alpha value is -1.29. The summed E-state index contributed by atoms with van der Waals surface area (Å²) < 4.78 is 0. The van der Waals surface area contributed by atoms with Gasteiger partial charge in [0.25, 0.3) is 0 Å². The fraction of sp³-hybridized carbons (Fsp3) is 0.364. The Morgan fingerprint density at radius 3 is 2.53 bits per heavy atom. The van der Waals surface area contributed by atoms with Crippen LogP contribution in [-0.2, 0) is 0 Å². The van der Waals surface area contributed by atoms with Gasteiger partial charge >= 0.3 is 0 Å². The molecule has 0 aliphatic heterocycles. The molecule has 0 aliphatic carbocycles. The van der Waals surface area contributed by atoms with Gasteiger partial charge in [-0.15, -0.1) is 0 Å². The van der Waals surface area contributed by atoms with Crippen molar-refractivity contribution in [3.63, 3.8) is 0 Å². The summed E-state index contributed by atoms with van der Waals surface area (Å²) in [6, 6.07) is 6.84. The monoisotopic (exact) mass is 224 g/mol. The second-order valence-corrected chi connectivity index (χ2v) is 4.79. The van der Waals surface area contributed by atoms with Crippen LogP contribution in [0, 0.1) is 0 Å². The normalized spacial score (nSPS) is 10.9. The van der Waals surface area contributed by atoms with Crippen LogP contribution in [-0.4, -0.2) is 15.8 Å². The van der Waals surface area contributed by atoms with Gasteiger partial charge in [-0.25, -0.2) is 0 Å². The quantitative estimate of drug-likeness (QED) is 0.641. The SMILES string of the molecule is CC(C)(C)NC(=S)Nc1cccc(O)c1. The first-order valence-electron chi connectivity index (χ1n) is 4.75. The van der Waals surface area contributed by atoms with Gasteiger partial charge in [0.15, 0.2) is 5.11 Å². The third-order valence-electron chi connectivity index (χ3n) is 1.59. The summed E-state index contributed by atoms with van der Waals surface area (Å²) in [4.78, 5) is 0. The molecule has 82 valence electrons. The van der Waals surface area contributed by atoms with Crippen molar-refractivity contribution in [2.45, 2.75) is 26.3 Å². The Bertz CT molecular complexity index is 358. The molecule has 0 saturated heterocycles. The third-order valence-corrected chi connectivity index (χ3v) is 1.80. The lowest BCUT2D eigenvalue weighted by atomic mass is 10.1. The maximum atomic E-state index is 9.25. The zero-order valence-electron chi connectivity index (χ0n) is 9.16. The maximum Gasteiger partial charge on any atom is 0.171 e. The van der Waals surface area contributed by atoms with E-state index in [1.807, 2.05) is 26.8 Å². The molecule has 0 saturated carbocycles. The summed E-state index contributed by atoms with van der Waals surface area (Å²) >= 11 is 5.12. The molecule has 4 heteroatoms. The summed E-state index contributed by atoms with van der Waals surface area (Å²) in [5.74, 6) is 0.221. The van der Waals surface area contributed by atoms with E-state index in [0.717, 1.165) is 5.69 Å². The van der Waals surface area contributed by atoms with Gasteiger partial charge in [-0.1, -0.05) is 6.07 Å². The lowest BCUT2D eigenvalue weighted by Crippen LogP contribution is -2.42. The van der Waals surface area contributed by atoms with E-state index < -0.39 is 0 Å². The predicted molar refractivity (Wildman–Crippen MR) is 67.2 cm³/mol. The standard InChI is InChI=1S/C11H16N2OS/c1-11(2,3)13-10(15)12-8-5-4-6-9(14)7-8/h4-7,14H,1-3H3,(H2,12,13,15). The van der Waals surface area contributed by atoms with Crippen LogP contribution < -0.4 is 10.6 Å². The van der Waals surface area contributed by atoms with E-state index in [-0.39, 0.29) is 11.3 Å². The second-order valence-electron chi connectivity index (χ2n) is 4.38. The highest BCUT2D eigenvalue weighted by Gasteiger charge is 2.10. The second kappa shape index (κ2) is 4.49. The average molecular weight is 224 g/mol. The number of benzene rings is 1. The van der Waals surface area contributed by atoms with Crippen LogP contribution in [0.1, 0.15) is 20.8 Å². The van der Waals surface area contributed by atoms with Crippen molar-refractivity contribution in [3.8, 4) is 5.75 Å². The number of nitrogens with one attached hydrogen (secondary N) is 2. The average Bonchev–Trinajstić information content (AvgIpc) is 1.99. The van der Waals surface area contributed by atoms with E-state index in [9.17, 15) is 5.11 Å². The highest BCUT2D eigenvalue weighted by molar-refractivity contribution is 7.80. The van der Waals surface area contributed by atoms with Gasteiger partial charge in [0.1, 0.15) is 5.75 Å². The summed E-state index contributed by atoms with van der Waals surface area (Å²) in [7, 11) is 0. The van der Waals surface area contributed by atoms with Crippen molar-refractivity contribution in [2.24, 2.45) is 0 Å². The molecule has 0 heterocycles. The molecular formula is C11H16N2OS. The molecule has 0 bridgehead atoms. The molecule has 0 aliphatic rings. The molecule has 3 N–H and O–H groups in total. The number of phenols is 1. The molecule has 0 aromatic heterocycles. The summed E-state index contributed by atoms with van der Waals surface area (Å²) in [6.45, 7) is 6.09. The van der Waals surface area contributed by atoms with Gasteiger partial charge in [-0.2, -0.15) is 0 Å². The van der Waals surface area contributed by atoms with E-state index >= 15 is 0 Å². The van der Waals surface area contributed by atoms with Crippen LogP contribution in [0.4, 0.5) is 5.69 Å². The number of hydrogen-bond acceptors (Lipinski definition) is 2. The number of aromatic hydroxyl groups is 1. The van der Waals surface area contributed by atoms with Crippen LogP contribution in [0.15, 0.2) is 24.3 Å². The van der Waals surface area contributed by atoms with Crippen molar-refractivity contribution in [1.29, 1.82) is 0 Å². The molecule has 0 fully saturated rings. The summed E-state index contributed by atoms with van der Waals surface area (Å²) in [5.41, 5.74) is 0.706. The Balaban J connectivity index is 2.59. The smallest absolute Gasteiger partial charge is 0.171 e. The molecule has 15 heavy (non-hydrogen) atoms. The van der Waals surface area contributed by atoms with Crippen molar-refractivity contribution < 1.29 is 5.11 Å². The van der Waals surface area contributed by atoms with Crippen molar-refractivity contribution >= 4 is 23.0 Å². The molecule has 1 aromatic rings. The van der Waals surface area contributed by atoms with E-state index in [1.165, 1.54) is 0 Å². The Labute approximate surface area is 95.5 Å². The maximum absolute atomic E-state index is 9.25. The van der Waals surface area contributed by atoms with Crippen molar-refractivity contribution in [1.82, 2.24) is 5.32 Å². The van der Waals surface area contributed by atoms with Crippen LogP contribution >= 0.6 is 12.2 Å². The molecule has 3 nitrogen and oxygen atoms in total. The van der Waals surface area contributed by atoms with Gasteiger partial charge in [-0.3, -0.25) is 0 Å². The first-order valence-corrected chi connectivity index (χ1v) is 5.16. The summed E-state index contributed by atoms with van der Waals surface area (Å²) in [5, 5.41) is 15.9. The fourth-order valence-electron chi connectivity index (χ4n) is 1.09. The zero-order valence-corrected chi connectivity index (χ0v) is 9.98. The van der Waals surface area contributed by atoms with E-state index in [2.05, 4.69) is 10.6 Å². The Kier molecular flexibility index (Phi) is 3.52. The largest absolute Gasteiger partial charge is 0.508 e. The minimum atomic E-state index is -0.0685. The van der Waals surface area contributed by atoms with Gasteiger partial charge in [0, 0.05) is 17.3 Å². The molecule has 0 amide bonds. The number of thiocarbonyl (C=S) groups is 1. The first kappa shape index (κ1) is 11.8. The predicted octanol–water partition coefficient (Wildman–Crippen LogP) is 2.48. The highest BCUT2D eigenvalue weighted by atomic mass is 32.1. The minimum absolute atomic E-state index is 0.0685. The molecule has 1 aromatic carbocycles. The van der Waals surface area contributed by atoms with Crippen molar-refractivity contribution in [3.05, 3.63) is 24.3 Å². The molecule has 0 unspecified atom stereocenters. The molecule has 1 rings (SSSR count). The van der Waals surface area contributed by atoms with Crippen molar-refractivity contribution in [2.75, 3.05) is 5.32 Å². The minimum Gasteiger partial charge on any atom is -0.508 e. The zero-order chi connectivity index (χ0) is 11.5. The van der Waals surface area contributed by atoms with Gasteiger partial charge < -0.3 is 15.7 Å². The van der Waals surface area contributed by atoms with E-state index in [0.29, 0.717) is 5.11 Å². The van der Waals surface area contributed by atoms with Crippen LogP contribution in [0.25, 0.3) is 0 Å². The number of hydrogen-bond donors (Lipinski definition) is 3. The van der Waals surface area contributed by atoms with E-state index in [4.69, 9.17) is 12.2 Å². The number of phenolic OH excluding ortho intramolecular Hbond substituents is 1. The first-order chi connectivity index (χ1) is 6.87. The van der Waals surface area contributed by atoms with E-state index in [1.54, 1.807) is 18.2 Å². The third kappa shape index (κ3) is 4.65. The molecule has 0 spiro atoms. The van der Waals surface area contributed by atoms with Crippen LogP contribution in [0.5, 0.6) is 5.75 Å². The molecule has 0 radical (unpaired) electrons. The van der Waals surface area contributed by atoms with Crippen LogP contribution in [0.3, 0.4) is 0 Å². The number of anilines is 1. The Morgan fingerprint density at radius 1 is 1.33 bits per heavy atom. The lowest BCUT2D eigenvalue weighted by molar-refractivity contribution is 0.475. The molecular weight excluding hydrogens is 208 g/mol. The van der Waals surface area contributed by atoms with Crippen LogP contribution in [0.2, 0.25) is 0 Å². The summed E-state index contributed by atoms with van der Waals surface area (Å²) in [6.07, 6.45) is 0.